The van der Waals surface area contributed by atoms with Gasteiger partial charge in [-0.05, 0) is 31.2 Å². The van der Waals surface area contributed by atoms with Gasteiger partial charge in [0, 0.05) is 11.5 Å². The van der Waals surface area contributed by atoms with Crippen LogP contribution in [0.3, 0.4) is 0 Å². The van der Waals surface area contributed by atoms with Gasteiger partial charge in [0.05, 0.1) is 6.20 Å². The predicted octanol–water partition coefficient (Wildman–Crippen LogP) is 1.94. The fraction of sp³-hybridized carbons (Fsp3) is 0.727. The zero-order valence-corrected chi connectivity index (χ0v) is 8.86. The number of rotatable bonds is 2. The van der Waals surface area contributed by atoms with Crippen molar-refractivity contribution in [2.24, 2.45) is 17.6 Å². The van der Waals surface area contributed by atoms with E-state index in [1.54, 1.807) is 0 Å². The first-order valence-electron chi connectivity index (χ1n) is 5.37. The number of aromatic nitrogens is 1. The summed E-state index contributed by atoms with van der Waals surface area (Å²) in [5.41, 5.74) is 7.01. The fourth-order valence-corrected chi connectivity index (χ4v) is 2.52. The van der Waals surface area contributed by atoms with E-state index in [0.29, 0.717) is 17.8 Å². The summed E-state index contributed by atoms with van der Waals surface area (Å²) in [5, 5.41) is 3.89. The highest BCUT2D eigenvalue weighted by molar-refractivity contribution is 5.22. The Morgan fingerprint density at radius 1 is 1.71 bits per heavy atom. The van der Waals surface area contributed by atoms with Crippen LogP contribution < -0.4 is 5.73 Å². The molecule has 1 heterocycles. The van der Waals surface area contributed by atoms with Crippen LogP contribution in [0.2, 0.25) is 0 Å². The van der Waals surface area contributed by atoms with Crippen molar-refractivity contribution in [2.75, 3.05) is 6.54 Å². The second-order valence-electron chi connectivity index (χ2n) is 4.47. The van der Waals surface area contributed by atoms with Gasteiger partial charge in [0.25, 0.3) is 0 Å². The van der Waals surface area contributed by atoms with Gasteiger partial charge < -0.3 is 10.3 Å². The Hall–Kier alpha value is -0.830. The lowest BCUT2D eigenvalue weighted by atomic mass is 9.74. The average molecular weight is 194 g/mol. The van der Waals surface area contributed by atoms with E-state index >= 15 is 0 Å². The molecule has 1 aliphatic carbocycles. The molecule has 3 unspecified atom stereocenters. The topological polar surface area (TPSA) is 52.0 Å². The van der Waals surface area contributed by atoms with Crippen LogP contribution >= 0.6 is 0 Å². The number of nitrogens with two attached hydrogens (primary N) is 1. The summed E-state index contributed by atoms with van der Waals surface area (Å²) in [6.07, 6.45) is 4.19. The van der Waals surface area contributed by atoms with Gasteiger partial charge in [-0.3, -0.25) is 0 Å². The first-order valence-corrected chi connectivity index (χ1v) is 5.37. The lowest BCUT2D eigenvalue weighted by Crippen LogP contribution is -2.27. The molecule has 2 N–H and O–H groups in total. The van der Waals surface area contributed by atoms with E-state index in [4.69, 9.17) is 10.3 Å². The first-order chi connectivity index (χ1) is 6.74. The smallest absolute Gasteiger partial charge is 0.143 e. The zero-order chi connectivity index (χ0) is 10.1. The highest BCUT2D eigenvalue weighted by Gasteiger charge is 2.33. The molecular weight excluding hydrogens is 176 g/mol. The highest BCUT2D eigenvalue weighted by Crippen LogP contribution is 2.40. The van der Waals surface area contributed by atoms with Gasteiger partial charge in [-0.25, -0.2) is 0 Å². The van der Waals surface area contributed by atoms with E-state index in [-0.39, 0.29) is 0 Å². The van der Waals surface area contributed by atoms with Crippen LogP contribution in [0, 0.1) is 11.8 Å². The van der Waals surface area contributed by atoms with Gasteiger partial charge in [0.15, 0.2) is 0 Å². The molecule has 0 fully saturated rings. The predicted molar refractivity (Wildman–Crippen MR) is 54.9 cm³/mol. The Bertz CT molecular complexity index is 308. The SMILES string of the molecule is CC(CN)C1c2oncc2CCC1C. The summed E-state index contributed by atoms with van der Waals surface area (Å²) in [6.45, 7) is 5.19. The maximum Gasteiger partial charge on any atom is 0.143 e. The van der Waals surface area contributed by atoms with Gasteiger partial charge >= 0.3 is 0 Å². The standard InChI is InChI=1S/C11H18N2O/c1-7-3-4-9-6-13-14-11(9)10(7)8(2)5-12/h6-8,10H,3-5,12H2,1-2H3. The van der Waals surface area contributed by atoms with Crippen LogP contribution in [0.15, 0.2) is 10.7 Å². The summed E-state index contributed by atoms with van der Waals surface area (Å²) in [4.78, 5) is 0. The maximum absolute atomic E-state index is 5.73. The molecule has 78 valence electrons. The fourth-order valence-electron chi connectivity index (χ4n) is 2.52. The molecule has 0 aliphatic heterocycles. The molecule has 0 amide bonds. The van der Waals surface area contributed by atoms with Gasteiger partial charge in [-0.1, -0.05) is 19.0 Å². The highest BCUT2D eigenvalue weighted by atomic mass is 16.5. The van der Waals surface area contributed by atoms with E-state index in [0.717, 1.165) is 18.7 Å². The van der Waals surface area contributed by atoms with E-state index in [9.17, 15) is 0 Å². The average Bonchev–Trinajstić information content (AvgIpc) is 2.64. The van der Waals surface area contributed by atoms with Crippen molar-refractivity contribution in [2.45, 2.75) is 32.6 Å². The molecule has 2 rings (SSSR count). The maximum atomic E-state index is 5.73. The molecule has 0 saturated heterocycles. The van der Waals surface area contributed by atoms with E-state index in [1.807, 2.05) is 6.20 Å². The Morgan fingerprint density at radius 2 is 2.50 bits per heavy atom. The van der Waals surface area contributed by atoms with Gasteiger partial charge in [0.1, 0.15) is 5.76 Å². The molecule has 0 aromatic carbocycles. The Labute approximate surface area is 84.7 Å². The normalized spacial score (nSPS) is 28.5. The molecule has 14 heavy (non-hydrogen) atoms. The van der Waals surface area contributed by atoms with Gasteiger partial charge in [-0.2, -0.15) is 0 Å². The Kier molecular flexibility index (Phi) is 2.59. The summed E-state index contributed by atoms with van der Waals surface area (Å²) < 4.78 is 5.36. The number of nitrogens with zero attached hydrogens (tertiary/aromatic N) is 1. The van der Waals surface area contributed by atoms with Crippen molar-refractivity contribution in [1.29, 1.82) is 0 Å². The molecule has 1 aromatic rings. The third kappa shape index (κ3) is 1.46. The zero-order valence-electron chi connectivity index (χ0n) is 8.86. The summed E-state index contributed by atoms with van der Waals surface area (Å²) in [6, 6.07) is 0. The summed E-state index contributed by atoms with van der Waals surface area (Å²) in [5.74, 6) is 2.69. The third-order valence-electron chi connectivity index (χ3n) is 3.45. The molecule has 0 bridgehead atoms. The van der Waals surface area contributed by atoms with Crippen LogP contribution in [0.4, 0.5) is 0 Å². The summed E-state index contributed by atoms with van der Waals surface area (Å²) in [7, 11) is 0. The second kappa shape index (κ2) is 3.73. The minimum atomic E-state index is 0.464. The quantitative estimate of drug-likeness (QED) is 0.782. The van der Waals surface area contributed by atoms with Crippen molar-refractivity contribution in [3.63, 3.8) is 0 Å². The van der Waals surface area contributed by atoms with E-state index in [2.05, 4.69) is 19.0 Å². The first kappa shape index (κ1) is 9.71. The van der Waals surface area contributed by atoms with E-state index in [1.165, 1.54) is 12.0 Å². The van der Waals surface area contributed by atoms with Crippen LogP contribution in [-0.2, 0) is 6.42 Å². The van der Waals surface area contributed by atoms with Gasteiger partial charge in [-0.15, -0.1) is 0 Å². The van der Waals surface area contributed by atoms with Crippen LogP contribution in [0.1, 0.15) is 37.5 Å². The van der Waals surface area contributed by atoms with Crippen LogP contribution in [0.25, 0.3) is 0 Å². The van der Waals surface area contributed by atoms with Crippen molar-refractivity contribution >= 4 is 0 Å². The molecule has 0 saturated carbocycles. The molecular formula is C11H18N2O. The molecule has 3 atom stereocenters. The number of hydrogen-bond acceptors (Lipinski definition) is 3. The minimum Gasteiger partial charge on any atom is -0.361 e. The lowest BCUT2D eigenvalue weighted by molar-refractivity contribution is 0.245. The van der Waals surface area contributed by atoms with Gasteiger partial charge in [0.2, 0.25) is 0 Å². The second-order valence-corrected chi connectivity index (χ2v) is 4.47. The van der Waals surface area contributed by atoms with Crippen LogP contribution in [-0.4, -0.2) is 11.7 Å². The number of aryl methyl sites for hydroxylation is 1. The molecule has 0 spiro atoms. The van der Waals surface area contributed by atoms with Crippen molar-refractivity contribution in [3.8, 4) is 0 Å². The van der Waals surface area contributed by atoms with Crippen molar-refractivity contribution in [3.05, 3.63) is 17.5 Å². The summed E-state index contributed by atoms with van der Waals surface area (Å²) >= 11 is 0. The monoisotopic (exact) mass is 194 g/mol. The molecule has 1 aromatic heterocycles. The van der Waals surface area contributed by atoms with E-state index < -0.39 is 0 Å². The Balaban J connectivity index is 2.31. The molecule has 0 radical (unpaired) electrons. The van der Waals surface area contributed by atoms with Crippen LogP contribution in [0.5, 0.6) is 0 Å². The molecule has 1 aliphatic rings. The molecule has 3 heteroatoms. The number of hydrogen-bond donors (Lipinski definition) is 1. The van der Waals surface area contributed by atoms with Crippen molar-refractivity contribution in [1.82, 2.24) is 5.16 Å². The largest absolute Gasteiger partial charge is 0.361 e. The third-order valence-corrected chi connectivity index (χ3v) is 3.45. The lowest BCUT2D eigenvalue weighted by Gasteiger charge is -2.30. The number of fused-ring (bicyclic) bond motifs is 1. The van der Waals surface area contributed by atoms with Crippen molar-refractivity contribution < 1.29 is 4.52 Å². The molecule has 3 nitrogen and oxygen atoms in total. The Morgan fingerprint density at radius 3 is 3.21 bits per heavy atom. The minimum absolute atomic E-state index is 0.464.